The Hall–Kier alpha value is -3.24. The summed E-state index contributed by atoms with van der Waals surface area (Å²) in [5.41, 5.74) is 0.813. The predicted octanol–water partition coefficient (Wildman–Crippen LogP) is 4.82. The molecule has 38 heavy (non-hydrogen) atoms. The second-order valence-electron chi connectivity index (χ2n) is 10.6. The van der Waals surface area contributed by atoms with Gasteiger partial charge in [-0.1, -0.05) is 0 Å². The molecule has 1 aromatic carbocycles. The minimum absolute atomic E-state index is 0.0360. The largest absolute Gasteiger partial charge is 0.496 e. The zero-order valence-electron chi connectivity index (χ0n) is 21.8. The van der Waals surface area contributed by atoms with Gasteiger partial charge in [0.25, 0.3) is 0 Å². The quantitative estimate of drug-likeness (QED) is 0.357. The molecule has 0 amide bonds. The third-order valence-corrected chi connectivity index (χ3v) is 7.33. The van der Waals surface area contributed by atoms with Crippen LogP contribution >= 0.6 is 0 Å². The number of pyridine rings is 1. The number of ether oxygens (including phenoxy) is 3. The molecule has 3 aromatic rings. The summed E-state index contributed by atoms with van der Waals surface area (Å²) in [4.78, 5) is 19.6. The molecule has 204 valence electrons. The zero-order chi connectivity index (χ0) is 27.0. The van der Waals surface area contributed by atoms with Gasteiger partial charge in [-0.15, -0.1) is 0 Å². The lowest BCUT2D eigenvalue weighted by atomic mass is 10.00. The van der Waals surface area contributed by atoms with Crippen molar-refractivity contribution in [2.75, 3.05) is 26.8 Å². The Bertz CT molecular complexity index is 1320. The highest BCUT2D eigenvalue weighted by molar-refractivity contribution is 6.02. The van der Waals surface area contributed by atoms with E-state index in [1.165, 1.54) is 13.2 Å². The summed E-state index contributed by atoms with van der Waals surface area (Å²) in [6.07, 6.45) is 6.21. The van der Waals surface area contributed by atoms with Gasteiger partial charge < -0.3 is 19.3 Å². The third-order valence-electron chi connectivity index (χ3n) is 7.33. The summed E-state index contributed by atoms with van der Waals surface area (Å²) in [5.74, 6) is 0.539. The highest BCUT2D eigenvalue weighted by Gasteiger charge is 2.37. The maximum Gasteiger partial charge on any atom is 0.387 e. The molecule has 0 spiro atoms. The Morgan fingerprint density at radius 1 is 1.24 bits per heavy atom. The molecule has 0 radical (unpaired) electrons. The first kappa shape index (κ1) is 26.4. The van der Waals surface area contributed by atoms with Crippen molar-refractivity contribution < 1.29 is 32.9 Å². The van der Waals surface area contributed by atoms with Gasteiger partial charge in [-0.3, -0.25) is 14.1 Å². The number of fused-ring (bicyclic) bond motifs is 1. The van der Waals surface area contributed by atoms with E-state index >= 15 is 0 Å². The zero-order valence-corrected chi connectivity index (χ0v) is 21.8. The Morgan fingerprint density at radius 2 is 2.00 bits per heavy atom. The topological polar surface area (TPSA) is 85.5 Å². The van der Waals surface area contributed by atoms with Crippen LogP contribution in [0.4, 0.5) is 8.78 Å². The van der Waals surface area contributed by atoms with Crippen molar-refractivity contribution in [2.24, 2.45) is 5.92 Å². The lowest BCUT2D eigenvalue weighted by Crippen LogP contribution is -2.40. The number of alkyl halides is 2. The SMILES string of the molecule is COc1cc(-c2cnc3cc(OCC4(O)CCN(C(C)C)C4)ccn23)cc(OC(F)F)c1C(=O)CC1CC1. The number of imidazole rings is 1. The maximum atomic E-state index is 13.3. The van der Waals surface area contributed by atoms with E-state index in [1.807, 2.05) is 0 Å². The van der Waals surface area contributed by atoms with Crippen LogP contribution in [0.1, 0.15) is 49.9 Å². The number of ketones is 1. The van der Waals surface area contributed by atoms with Crippen LogP contribution in [0.3, 0.4) is 0 Å². The normalized spacial score (nSPS) is 20.0. The van der Waals surface area contributed by atoms with E-state index in [9.17, 15) is 18.7 Å². The van der Waals surface area contributed by atoms with Crippen molar-refractivity contribution in [3.05, 3.63) is 42.2 Å². The van der Waals surface area contributed by atoms with Gasteiger partial charge >= 0.3 is 6.61 Å². The lowest BCUT2D eigenvalue weighted by molar-refractivity contribution is -0.0502. The van der Waals surface area contributed by atoms with Crippen molar-refractivity contribution in [2.45, 2.75) is 57.8 Å². The van der Waals surface area contributed by atoms with E-state index in [2.05, 4.69) is 23.7 Å². The Labute approximate surface area is 220 Å². The first-order valence-corrected chi connectivity index (χ1v) is 12.9. The number of Topliss-reactive ketones (excluding diaryl/α,β-unsaturated/α-hetero) is 1. The second kappa shape index (κ2) is 10.5. The Morgan fingerprint density at radius 3 is 2.66 bits per heavy atom. The van der Waals surface area contributed by atoms with Crippen LogP contribution in [0.25, 0.3) is 16.9 Å². The second-order valence-corrected chi connectivity index (χ2v) is 10.6. The van der Waals surface area contributed by atoms with Crippen LogP contribution in [0.5, 0.6) is 17.2 Å². The monoisotopic (exact) mass is 529 g/mol. The van der Waals surface area contributed by atoms with E-state index in [0.29, 0.717) is 41.7 Å². The number of benzene rings is 1. The lowest BCUT2D eigenvalue weighted by Gasteiger charge is -2.25. The molecule has 5 rings (SSSR count). The number of nitrogens with zero attached hydrogens (tertiary/aromatic N) is 3. The highest BCUT2D eigenvalue weighted by atomic mass is 19.3. The van der Waals surface area contributed by atoms with E-state index in [0.717, 1.165) is 19.4 Å². The molecule has 1 aliphatic carbocycles. The molecule has 3 heterocycles. The molecule has 0 bridgehead atoms. The molecule has 1 saturated heterocycles. The number of likely N-dealkylation sites (tertiary alicyclic amines) is 1. The number of methoxy groups -OCH3 is 1. The van der Waals surface area contributed by atoms with Crippen LogP contribution in [0.15, 0.2) is 36.7 Å². The molecule has 1 N–H and O–H groups in total. The molecule has 2 fully saturated rings. The fraction of sp³-hybridized carbons (Fsp3) is 0.500. The first-order valence-electron chi connectivity index (χ1n) is 12.9. The molecule has 8 nitrogen and oxygen atoms in total. The molecule has 2 aliphatic rings. The number of carbonyl (C=O) groups excluding carboxylic acids is 1. The van der Waals surface area contributed by atoms with Crippen LogP contribution in [-0.4, -0.2) is 70.2 Å². The van der Waals surface area contributed by atoms with Crippen molar-refractivity contribution in [1.29, 1.82) is 0 Å². The molecular weight excluding hydrogens is 496 g/mol. The van der Waals surface area contributed by atoms with Crippen LogP contribution < -0.4 is 14.2 Å². The van der Waals surface area contributed by atoms with Crippen LogP contribution in [-0.2, 0) is 0 Å². The summed E-state index contributed by atoms with van der Waals surface area (Å²) in [5, 5.41) is 10.9. The van der Waals surface area contributed by atoms with Gasteiger partial charge in [0.2, 0.25) is 0 Å². The summed E-state index contributed by atoms with van der Waals surface area (Å²) >= 11 is 0. The summed E-state index contributed by atoms with van der Waals surface area (Å²) in [6, 6.07) is 6.95. The number of hydrogen-bond donors (Lipinski definition) is 1. The van der Waals surface area contributed by atoms with Gasteiger partial charge in [0.15, 0.2) is 5.78 Å². The third kappa shape index (κ3) is 5.61. The fourth-order valence-electron chi connectivity index (χ4n) is 4.98. The van der Waals surface area contributed by atoms with E-state index in [-0.39, 0.29) is 41.8 Å². The van der Waals surface area contributed by atoms with E-state index in [4.69, 9.17) is 14.2 Å². The molecule has 1 aliphatic heterocycles. The fourth-order valence-corrected chi connectivity index (χ4v) is 4.98. The van der Waals surface area contributed by atoms with Gasteiger partial charge in [-0.25, -0.2) is 4.98 Å². The first-order chi connectivity index (χ1) is 18.2. The highest BCUT2D eigenvalue weighted by Crippen LogP contribution is 2.40. The number of aromatic nitrogens is 2. The molecular formula is C28H33F2N3O5. The summed E-state index contributed by atoms with van der Waals surface area (Å²) in [6.45, 7) is 2.67. The molecule has 1 unspecified atom stereocenters. The standard InChI is InChI=1S/C28H33F2N3O5/c1-17(2)32-9-7-28(35,15-32)16-37-20-6-8-33-21(14-31-25(33)13-20)19-11-23(36-3)26(22(34)10-18-4-5-18)24(12-19)38-27(29)30/h6,8,11-14,17-18,27,35H,4-5,7,9-10,15-16H2,1-3H3. The van der Waals surface area contributed by atoms with Crippen LogP contribution in [0, 0.1) is 5.92 Å². The smallest absolute Gasteiger partial charge is 0.387 e. The minimum Gasteiger partial charge on any atom is -0.496 e. The van der Waals surface area contributed by atoms with Crippen molar-refractivity contribution in [3.63, 3.8) is 0 Å². The Kier molecular flexibility index (Phi) is 7.28. The number of halogens is 2. The molecule has 1 atom stereocenters. The molecule has 1 saturated carbocycles. The number of rotatable bonds is 11. The van der Waals surface area contributed by atoms with E-state index in [1.54, 1.807) is 35.0 Å². The maximum absolute atomic E-state index is 13.3. The number of carbonyl (C=O) groups is 1. The summed E-state index contributed by atoms with van der Waals surface area (Å²) < 4.78 is 44.5. The van der Waals surface area contributed by atoms with Crippen molar-refractivity contribution >= 4 is 11.4 Å². The predicted molar refractivity (Wildman–Crippen MR) is 137 cm³/mol. The van der Waals surface area contributed by atoms with Gasteiger partial charge in [0.1, 0.15) is 40.7 Å². The number of aliphatic hydroxyl groups is 1. The van der Waals surface area contributed by atoms with Crippen molar-refractivity contribution in [1.82, 2.24) is 14.3 Å². The summed E-state index contributed by atoms with van der Waals surface area (Å²) in [7, 11) is 1.40. The minimum atomic E-state index is -3.09. The van der Waals surface area contributed by atoms with Gasteiger partial charge in [-0.05, 0) is 57.2 Å². The number of hydrogen-bond acceptors (Lipinski definition) is 7. The molecule has 2 aromatic heterocycles. The average Bonchev–Trinajstić information content (AvgIpc) is 3.44. The van der Waals surface area contributed by atoms with Gasteiger partial charge in [0.05, 0.1) is 19.0 Å². The van der Waals surface area contributed by atoms with Crippen LogP contribution in [0.2, 0.25) is 0 Å². The van der Waals surface area contributed by atoms with Gasteiger partial charge in [0, 0.05) is 43.4 Å². The van der Waals surface area contributed by atoms with E-state index < -0.39 is 12.2 Å². The molecule has 10 heteroatoms. The van der Waals surface area contributed by atoms with Crippen molar-refractivity contribution in [3.8, 4) is 28.5 Å². The van der Waals surface area contributed by atoms with Gasteiger partial charge in [-0.2, -0.15) is 8.78 Å². The average molecular weight is 530 g/mol. The Balaban J connectivity index is 1.40. The number of β-amino-alcohol motifs (C(OH)–C–C–N with tert-alkyl or cyclic N) is 1.